The summed E-state index contributed by atoms with van der Waals surface area (Å²) in [5.74, 6) is 0.0363. The molecule has 1 heterocycles. The van der Waals surface area contributed by atoms with Gasteiger partial charge in [0.2, 0.25) is 11.9 Å². The second kappa shape index (κ2) is 14.5. The number of nitrogens with zero attached hydrogens (tertiary/aromatic N) is 6. The Morgan fingerprint density at radius 1 is 0.818 bits per heavy atom. The minimum absolute atomic E-state index is 0.0898. The van der Waals surface area contributed by atoms with Crippen LogP contribution in [0.3, 0.4) is 0 Å². The van der Waals surface area contributed by atoms with E-state index in [0.29, 0.717) is 46.1 Å². The monoisotopic (exact) mass is 503 g/mol. The first-order valence-corrected chi connectivity index (χ1v) is 14.7. The van der Waals surface area contributed by atoms with Crippen molar-refractivity contribution in [2.24, 2.45) is 5.11 Å². The van der Waals surface area contributed by atoms with Crippen LogP contribution in [-0.4, -0.2) is 77.0 Å². The highest BCUT2D eigenvalue weighted by molar-refractivity contribution is 6.86. The lowest BCUT2D eigenvalue weighted by atomic mass is 10.4. The molecule has 0 atom stereocenters. The summed E-state index contributed by atoms with van der Waals surface area (Å²) in [6, 6.07) is 0. The Kier molecular flexibility index (Phi) is 12.9. The molecule has 1 aromatic rings. The van der Waals surface area contributed by atoms with Gasteiger partial charge >= 0.3 is 17.6 Å². The molecule has 1 N–H and O–H groups in total. The lowest BCUT2D eigenvalue weighted by Crippen LogP contribution is -2.83. The Hall–Kier alpha value is -1.69. The van der Waals surface area contributed by atoms with Crippen molar-refractivity contribution in [3.05, 3.63) is 16.8 Å². The van der Waals surface area contributed by atoms with Gasteiger partial charge in [0.25, 0.3) is 0 Å². The van der Waals surface area contributed by atoms with Crippen LogP contribution >= 0.6 is 0 Å². The molecule has 1 aromatic heterocycles. The van der Waals surface area contributed by atoms with Crippen molar-refractivity contribution in [2.45, 2.75) is 59.7 Å². The molecule has 0 aromatic carbocycles. The summed E-state index contributed by atoms with van der Waals surface area (Å²) in [6.45, 7) is 15.1. The van der Waals surface area contributed by atoms with E-state index in [1.807, 2.05) is 48.5 Å². The summed E-state index contributed by atoms with van der Waals surface area (Å²) >= 11 is 0. The molecule has 0 unspecified atom stereocenters. The van der Waals surface area contributed by atoms with Gasteiger partial charge in [-0.05, 0) is 58.6 Å². The summed E-state index contributed by atoms with van der Waals surface area (Å²) in [7, 11) is -7.34. The summed E-state index contributed by atoms with van der Waals surface area (Å²) < 4.78 is 38.0. The van der Waals surface area contributed by atoms with E-state index in [2.05, 4.69) is 30.3 Å². The van der Waals surface area contributed by atoms with Gasteiger partial charge in [-0.25, -0.2) is 9.97 Å². The van der Waals surface area contributed by atoms with Crippen LogP contribution < -0.4 is 5.32 Å². The molecule has 0 aliphatic rings. The van der Waals surface area contributed by atoms with E-state index < -0.39 is 22.4 Å². The molecule has 1 rings (SSSR count). The fraction of sp³-hybridized carbons (Fsp3) is 0.833. The molecule has 0 amide bonds. The van der Waals surface area contributed by atoms with E-state index in [0.717, 1.165) is 0 Å². The van der Waals surface area contributed by atoms with E-state index in [4.69, 9.17) is 32.1 Å². The topological polar surface area (TPSA) is 155 Å². The number of hydrogen-bond acceptors (Lipinski definition) is 11. The first-order chi connectivity index (χ1) is 15.9. The second-order valence-corrected chi connectivity index (χ2v) is 12.6. The van der Waals surface area contributed by atoms with Gasteiger partial charge in [-0.15, -0.1) is 0 Å². The maximum atomic E-state index is 8.80. The van der Waals surface area contributed by atoms with Gasteiger partial charge in [-0.2, -0.15) is 4.98 Å². The molecular formula is C18H37N7O6Si2. The molecule has 0 saturated heterocycles. The van der Waals surface area contributed by atoms with Crippen LogP contribution in [-0.2, 0) is 26.6 Å². The van der Waals surface area contributed by atoms with Crippen LogP contribution in [0.25, 0.3) is 10.4 Å². The van der Waals surface area contributed by atoms with Gasteiger partial charge in [0.15, 0.2) is 4.79 Å². The van der Waals surface area contributed by atoms with Crippen LogP contribution in [0.5, 0.6) is 0 Å². The van der Waals surface area contributed by atoms with Crippen LogP contribution in [0, 0.1) is 0 Å². The minimum atomic E-state index is -3.67. The number of hydrogen-bond donors (Lipinski definition) is 1. The van der Waals surface area contributed by atoms with E-state index in [1.165, 1.54) is 6.33 Å². The van der Waals surface area contributed by atoms with E-state index in [-0.39, 0.29) is 11.9 Å². The third-order valence-electron chi connectivity index (χ3n) is 4.60. The van der Waals surface area contributed by atoms with Gasteiger partial charge in [0.05, 0.1) is 0 Å². The van der Waals surface area contributed by atoms with Gasteiger partial charge in [-0.1, -0.05) is 6.92 Å². The first-order valence-electron chi connectivity index (χ1n) is 11.3. The van der Waals surface area contributed by atoms with E-state index in [9.17, 15) is 0 Å². The number of azide groups is 1. The van der Waals surface area contributed by atoms with Gasteiger partial charge in [0.1, 0.15) is 6.33 Å². The Morgan fingerprint density at radius 2 is 1.24 bits per heavy atom. The average molecular weight is 504 g/mol. The molecular weight excluding hydrogens is 466 g/mol. The zero-order chi connectivity index (χ0) is 24.8. The molecule has 188 valence electrons. The Labute approximate surface area is 197 Å². The lowest BCUT2D eigenvalue weighted by Gasteiger charge is -2.51. The molecule has 0 saturated carbocycles. The zero-order valence-corrected chi connectivity index (χ0v) is 22.7. The highest BCUT2D eigenvalue weighted by Crippen LogP contribution is 2.41. The fourth-order valence-corrected chi connectivity index (χ4v) is 12.1. The third-order valence-corrected chi connectivity index (χ3v) is 13.5. The number of aromatic nitrogens is 3. The maximum absolute atomic E-state index is 8.80. The SMILES string of the molecule is CCO[Si](OCC)(OCC)C(CC)(Nc1ncnc(N=[N+]=[N-])n1)[Si](OCC)(OCC)OCC. The van der Waals surface area contributed by atoms with Crippen molar-refractivity contribution in [1.82, 2.24) is 15.0 Å². The highest BCUT2D eigenvalue weighted by Gasteiger charge is 2.77. The van der Waals surface area contributed by atoms with Crippen LogP contribution in [0.2, 0.25) is 0 Å². The molecule has 33 heavy (non-hydrogen) atoms. The minimum Gasteiger partial charge on any atom is -0.372 e. The molecule has 0 aliphatic heterocycles. The Balaban J connectivity index is 3.97. The van der Waals surface area contributed by atoms with Crippen LogP contribution in [0.15, 0.2) is 11.4 Å². The van der Waals surface area contributed by atoms with Crippen molar-refractivity contribution >= 4 is 29.5 Å². The fourth-order valence-electron chi connectivity index (χ4n) is 3.62. The largest absolute Gasteiger partial charge is 0.532 e. The summed E-state index contributed by atoms with van der Waals surface area (Å²) in [6.07, 6.45) is 1.63. The lowest BCUT2D eigenvalue weighted by molar-refractivity contribution is 0.0166. The molecule has 0 fully saturated rings. The average Bonchev–Trinajstić information content (AvgIpc) is 2.79. The van der Waals surface area contributed by atoms with Crippen molar-refractivity contribution in [3.8, 4) is 0 Å². The summed E-state index contributed by atoms with van der Waals surface area (Å²) in [4.78, 5) is 13.9. The van der Waals surface area contributed by atoms with E-state index >= 15 is 0 Å². The summed E-state index contributed by atoms with van der Waals surface area (Å²) in [5.41, 5.74) is 8.80. The van der Waals surface area contributed by atoms with Gasteiger partial charge < -0.3 is 31.9 Å². The standard InChI is InChI=1S/C18H37N7O6Si2/c1-8-18(32(26-9-2,27-10-3)28-11-4,33(29-12-5,30-13-6)31-14-7)23-16-20-15-21-17(22-16)24-25-19/h15H,8-14H2,1-7H3,(H,20,21,22,23). The molecule has 0 aliphatic carbocycles. The zero-order valence-electron chi connectivity index (χ0n) is 20.7. The normalized spacial score (nSPS) is 12.5. The van der Waals surface area contributed by atoms with Gasteiger partial charge in [0, 0.05) is 44.6 Å². The predicted octanol–water partition coefficient (Wildman–Crippen LogP) is 3.55. The molecule has 0 spiro atoms. The highest BCUT2D eigenvalue weighted by atomic mass is 28.5. The maximum Gasteiger partial charge on any atom is 0.532 e. The van der Waals surface area contributed by atoms with Crippen molar-refractivity contribution < 1.29 is 26.6 Å². The summed E-state index contributed by atoms with van der Waals surface area (Å²) in [5, 5.41) is 6.84. The number of rotatable bonds is 18. The van der Waals surface area contributed by atoms with Crippen LogP contribution in [0.1, 0.15) is 54.9 Å². The first kappa shape index (κ1) is 29.3. The Morgan fingerprint density at radius 3 is 1.58 bits per heavy atom. The molecule has 13 nitrogen and oxygen atoms in total. The smallest absolute Gasteiger partial charge is 0.372 e. The van der Waals surface area contributed by atoms with Gasteiger partial charge in [-0.3, -0.25) is 0 Å². The van der Waals surface area contributed by atoms with Crippen LogP contribution in [0.4, 0.5) is 11.9 Å². The second-order valence-electron chi connectivity index (χ2n) is 6.39. The quantitative estimate of drug-likeness (QED) is 0.136. The molecule has 0 bridgehead atoms. The number of nitrogens with one attached hydrogen (secondary N) is 1. The Bertz CT molecular complexity index is 697. The molecule has 0 radical (unpaired) electrons. The molecule has 15 heteroatoms. The third kappa shape index (κ3) is 6.46. The number of anilines is 1. The van der Waals surface area contributed by atoms with Crippen molar-refractivity contribution in [3.63, 3.8) is 0 Å². The van der Waals surface area contributed by atoms with Crippen molar-refractivity contribution in [1.29, 1.82) is 0 Å². The predicted molar refractivity (Wildman–Crippen MR) is 127 cm³/mol. The van der Waals surface area contributed by atoms with Crippen molar-refractivity contribution in [2.75, 3.05) is 45.0 Å². The van der Waals surface area contributed by atoms with E-state index in [1.54, 1.807) is 0 Å².